The molecule has 1 atom stereocenters. The molecule has 1 aliphatic rings. The van der Waals surface area contributed by atoms with Crippen molar-refractivity contribution in [2.75, 3.05) is 21.3 Å². The second-order valence-corrected chi connectivity index (χ2v) is 5.04. The van der Waals surface area contributed by atoms with Gasteiger partial charge in [-0.1, -0.05) is 6.07 Å². The van der Waals surface area contributed by atoms with E-state index >= 15 is 0 Å². The van der Waals surface area contributed by atoms with Crippen LogP contribution >= 0.6 is 0 Å². The van der Waals surface area contributed by atoms with E-state index in [1.807, 2.05) is 42.5 Å². The number of rotatable bonds is 4. The molecule has 1 unspecified atom stereocenters. The van der Waals surface area contributed by atoms with Gasteiger partial charge in [-0.3, -0.25) is 0 Å². The zero-order chi connectivity index (χ0) is 15.5. The van der Waals surface area contributed by atoms with Gasteiger partial charge < -0.3 is 19.5 Å². The van der Waals surface area contributed by atoms with Crippen LogP contribution in [0.4, 0.5) is 0 Å². The van der Waals surface area contributed by atoms with Gasteiger partial charge in [0.1, 0.15) is 11.5 Å². The van der Waals surface area contributed by atoms with Crippen molar-refractivity contribution in [3.05, 3.63) is 59.2 Å². The van der Waals surface area contributed by atoms with E-state index in [9.17, 15) is 0 Å². The molecule has 0 amide bonds. The average molecular weight is 297 g/mol. The molecule has 0 aliphatic carbocycles. The van der Waals surface area contributed by atoms with Crippen LogP contribution in [0.5, 0.6) is 11.5 Å². The van der Waals surface area contributed by atoms with Crippen molar-refractivity contribution in [2.24, 2.45) is 0 Å². The van der Waals surface area contributed by atoms with Crippen molar-refractivity contribution < 1.29 is 14.2 Å². The molecule has 0 spiro atoms. The minimum atomic E-state index is -0.202. The van der Waals surface area contributed by atoms with Crippen molar-refractivity contribution in [3.63, 3.8) is 0 Å². The molecule has 0 saturated heterocycles. The predicted octanol–water partition coefficient (Wildman–Crippen LogP) is 3.45. The third-order valence-electron chi connectivity index (χ3n) is 3.80. The lowest BCUT2D eigenvalue weighted by molar-refractivity contribution is 0.0874. The maximum atomic E-state index is 5.58. The van der Waals surface area contributed by atoms with Gasteiger partial charge in [-0.05, 0) is 53.6 Å². The minimum absolute atomic E-state index is 0.202. The first-order valence-corrected chi connectivity index (χ1v) is 7.08. The van der Waals surface area contributed by atoms with E-state index in [0.717, 1.165) is 33.9 Å². The Kier molecular flexibility index (Phi) is 4.02. The van der Waals surface area contributed by atoms with Crippen molar-refractivity contribution in [2.45, 2.75) is 6.23 Å². The van der Waals surface area contributed by atoms with E-state index in [1.54, 1.807) is 21.3 Å². The van der Waals surface area contributed by atoms with Gasteiger partial charge in [0, 0.05) is 18.4 Å². The van der Waals surface area contributed by atoms with Gasteiger partial charge in [0.25, 0.3) is 0 Å². The monoisotopic (exact) mass is 297 g/mol. The topological polar surface area (TPSA) is 39.7 Å². The highest BCUT2D eigenvalue weighted by Gasteiger charge is 2.21. The molecule has 4 heteroatoms. The van der Waals surface area contributed by atoms with Crippen molar-refractivity contribution in [1.29, 1.82) is 0 Å². The summed E-state index contributed by atoms with van der Waals surface area (Å²) in [5.41, 5.74) is 4.30. The first-order chi connectivity index (χ1) is 10.7. The maximum Gasteiger partial charge on any atom is 0.154 e. The van der Waals surface area contributed by atoms with Crippen LogP contribution in [0, 0.1) is 0 Å². The Balaban J connectivity index is 2.00. The molecule has 22 heavy (non-hydrogen) atoms. The lowest BCUT2D eigenvalue weighted by Crippen LogP contribution is -2.25. The third-order valence-corrected chi connectivity index (χ3v) is 3.80. The largest absolute Gasteiger partial charge is 0.497 e. The van der Waals surface area contributed by atoms with Gasteiger partial charge in [0.15, 0.2) is 6.23 Å². The Morgan fingerprint density at radius 2 is 1.55 bits per heavy atom. The van der Waals surface area contributed by atoms with Gasteiger partial charge in [0.05, 0.1) is 14.2 Å². The molecular formula is C18H19NO3. The van der Waals surface area contributed by atoms with Crippen molar-refractivity contribution in [1.82, 2.24) is 5.32 Å². The fourth-order valence-corrected chi connectivity index (χ4v) is 2.58. The van der Waals surface area contributed by atoms with Crippen LogP contribution in [-0.4, -0.2) is 21.3 Å². The molecule has 1 N–H and O–H groups in total. The summed E-state index contributed by atoms with van der Waals surface area (Å²) in [5.74, 6) is 1.66. The van der Waals surface area contributed by atoms with Crippen LogP contribution in [0.1, 0.15) is 22.9 Å². The van der Waals surface area contributed by atoms with Crippen molar-refractivity contribution >= 4 is 11.8 Å². The molecule has 0 aromatic heterocycles. The average Bonchev–Trinajstić information content (AvgIpc) is 2.60. The van der Waals surface area contributed by atoms with Crippen LogP contribution in [0.25, 0.3) is 11.8 Å². The Bertz CT molecular complexity index is 692. The summed E-state index contributed by atoms with van der Waals surface area (Å²) in [6.45, 7) is 0. The fourth-order valence-electron chi connectivity index (χ4n) is 2.58. The quantitative estimate of drug-likeness (QED) is 0.938. The molecule has 0 radical (unpaired) electrons. The number of benzene rings is 2. The summed E-state index contributed by atoms with van der Waals surface area (Å²) >= 11 is 0. The van der Waals surface area contributed by atoms with E-state index in [0.29, 0.717) is 0 Å². The molecule has 2 aromatic rings. The molecule has 1 heterocycles. The standard InChI is InChI=1S/C18H19NO3/c1-20-14-7-4-12(5-8-14)17-10-13-6-9-15(21-2)11-16(13)18(19-17)22-3/h4-11,18-19H,1-3H3. The second kappa shape index (κ2) is 6.12. The van der Waals surface area contributed by atoms with Crippen LogP contribution in [-0.2, 0) is 4.74 Å². The molecule has 4 nitrogen and oxygen atoms in total. The Hall–Kier alpha value is -2.46. The van der Waals surface area contributed by atoms with E-state index < -0.39 is 0 Å². The minimum Gasteiger partial charge on any atom is -0.497 e. The zero-order valence-electron chi connectivity index (χ0n) is 12.9. The van der Waals surface area contributed by atoms with Gasteiger partial charge in [-0.15, -0.1) is 0 Å². The van der Waals surface area contributed by atoms with E-state index in [4.69, 9.17) is 14.2 Å². The number of hydrogen-bond donors (Lipinski definition) is 1. The summed E-state index contributed by atoms with van der Waals surface area (Å²) in [7, 11) is 5.02. The lowest BCUT2D eigenvalue weighted by Gasteiger charge is -2.27. The number of methoxy groups -OCH3 is 3. The van der Waals surface area contributed by atoms with Crippen LogP contribution in [0.3, 0.4) is 0 Å². The highest BCUT2D eigenvalue weighted by molar-refractivity contribution is 5.83. The first kappa shape index (κ1) is 14.5. The number of hydrogen-bond acceptors (Lipinski definition) is 4. The number of nitrogens with one attached hydrogen (secondary N) is 1. The zero-order valence-corrected chi connectivity index (χ0v) is 12.9. The van der Waals surface area contributed by atoms with E-state index in [-0.39, 0.29) is 6.23 Å². The SMILES string of the molecule is COc1ccc(C2=Cc3ccc(OC)cc3C(OC)N2)cc1. The Labute approximate surface area is 130 Å². The first-order valence-electron chi connectivity index (χ1n) is 7.08. The predicted molar refractivity (Wildman–Crippen MR) is 86.7 cm³/mol. The van der Waals surface area contributed by atoms with Gasteiger partial charge in [-0.25, -0.2) is 0 Å². The summed E-state index contributed by atoms with van der Waals surface area (Å²) in [5, 5.41) is 3.41. The van der Waals surface area contributed by atoms with Crippen LogP contribution in [0.15, 0.2) is 42.5 Å². The van der Waals surface area contributed by atoms with Crippen LogP contribution < -0.4 is 14.8 Å². The highest BCUT2D eigenvalue weighted by atomic mass is 16.5. The molecule has 3 rings (SSSR count). The number of fused-ring (bicyclic) bond motifs is 1. The van der Waals surface area contributed by atoms with Crippen molar-refractivity contribution in [3.8, 4) is 11.5 Å². The fraction of sp³-hybridized carbons (Fsp3) is 0.222. The lowest BCUT2D eigenvalue weighted by atomic mass is 9.98. The molecule has 2 aromatic carbocycles. The molecule has 0 saturated carbocycles. The Morgan fingerprint density at radius 3 is 2.18 bits per heavy atom. The van der Waals surface area contributed by atoms with Crippen LogP contribution in [0.2, 0.25) is 0 Å². The summed E-state index contributed by atoms with van der Waals surface area (Å²) in [6, 6.07) is 13.9. The molecular weight excluding hydrogens is 278 g/mol. The van der Waals surface area contributed by atoms with E-state index in [2.05, 4.69) is 11.4 Å². The molecule has 0 bridgehead atoms. The smallest absolute Gasteiger partial charge is 0.154 e. The molecule has 1 aliphatic heterocycles. The normalized spacial score (nSPS) is 16.3. The summed E-state index contributed by atoms with van der Waals surface area (Å²) < 4.78 is 16.1. The third kappa shape index (κ3) is 2.65. The Morgan fingerprint density at radius 1 is 0.864 bits per heavy atom. The second-order valence-electron chi connectivity index (χ2n) is 5.04. The highest BCUT2D eigenvalue weighted by Crippen LogP contribution is 2.33. The molecule has 114 valence electrons. The summed E-state index contributed by atoms with van der Waals surface area (Å²) in [6.07, 6.45) is 1.92. The molecule has 0 fully saturated rings. The maximum absolute atomic E-state index is 5.58. The number of ether oxygens (including phenoxy) is 3. The van der Waals surface area contributed by atoms with Gasteiger partial charge in [-0.2, -0.15) is 0 Å². The summed E-state index contributed by atoms with van der Waals surface area (Å²) in [4.78, 5) is 0. The van der Waals surface area contributed by atoms with Gasteiger partial charge >= 0.3 is 0 Å². The van der Waals surface area contributed by atoms with E-state index in [1.165, 1.54) is 0 Å². The van der Waals surface area contributed by atoms with Gasteiger partial charge in [0.2, 0.25) is 0 Å².